The number of aliphatic hydroxyl groups is 1. The van der Waals surface area contributed by atoms with E-state index in [2.05, 4.69) is 10.8 Å². The highest BCUT2D eigenvalue weighted by molar-refractivity contribution is 5.37. The maximum absolute atomic E-state index is 12.4. The Kier molecular flexibility index (Phi) is 4.24. The highest BCUT2D eigenvalue weighted by Gasteiger charge is 2.45. The van der Waals surface area contributed by atoms with E-state index in [1.165, 1.54) is 12.1 Å². The lowest BCUT2D eigenvalue weighted by molar-refractivity contribution is -0.0529. The number of hydrogen-bond acceptors (Lipinski definition) is 3. The Balaban J connectivity index is 2.33. The van der Waals surface area contributed by atoms with Crippen LogP contribution < -0.4 is 4.74 Å². The van der Waals surface area contributed by atoms with Crippen molar-refractivity contribution in [3.63, 3.8) is 0 Å². The van der Waals surface area contributed by atoms with Gasteiger partial charge in [-0.15, -0.1) is 0 Å². The zero-order chi connectivity index (χ0) is 14.8. The number of nitriles is 1. The lowest BCUT2D eigenvalue weighted by Gasteiger charge is -2.28. The molecule has 3 atom stereocenters. The van der Waals surface area contributed by atoms with Crippen LogP contribution in [0.4, 0.5) is 8.78 Å². The van der Waals surface area contributed by atoms with E-state index in [0.29, 0.717) is 18.8 Å². The van der Waals surface area contributed by atoms with Crippen LogP contribution in [0.15, 0.2) is 24.3 Å². The van der Waals surface area contributed by atoms with Gasteiger partial charge in [0.05, 0.1) is 11.5 Å². The van der Waals surface area contributed by atoms with Crippen LogP contribution in [0.3, 0.4) is 0 Å². The van der Waals surface area contributed by atoms with Crippen LogP contribution >= 0.6 is 0 Å². The fourth-order valence-electron chi connectivity index (χ4n) is 2.95. The maximum Gasteiger partial charge on any atom is 0.387 e. The normalized spacial score (nSPS) is 27.3. The predicted molar refractivity (Wildman–Crippen MR) is 69.1 cm³/mol. The zero-order valence-corrected chi connectivity index (χ0v) is 11.2. The van der Waals surface area contributed by atoms with Gasteiger partial charge in [-0.1, -0.05) is 25.1 Å². The van der Waals surface area contributed by atoms with Gasteiger partial charge < -0.3 is 9.84 Å². The van der Waals surface area contributed by atoms with Crippen molar-refractivity contribution in [1.29, 1.82) is 5.26 Å². The van der Waals surface area contributed by atoms with Gasteiger partial charge in [-0.25, -0.2) is 0 Å². The van der Waals surface area contributed by atoms with Crippen LogP contribution in [-0.2, 0) is 0 Å². The van der Waals surface area contributed by atoms with Crippen LogP contribution in [0, 0.1) is 22.7 Å². The maximum atomic E-state index is 12.4. The van der Waals surface area contributed by atoms with Crippen molar-refractivity contribution in [3.8, 4) is 11.8 Å². The molecule has 1 aromatic rings. The van der Waals surface area contributed by atoms with Crippen molar-refractivity contribution in [2.24, 2.45) is 11.3 Å². The van der Waals surface area contributed by atoms with E-state index in [9.17, 15) is 19.1 Å². The Morgan fingerprint density at radius 3 is 2.70 bits per heavy atom. The number of para-hydroxylation sites is 1. The molecule has 0 aliphatic heterocycles. The summed E-state index contributed by atoms with van der Waals surface area (Å²) in [5.41, 5.74) is -0.662. The molecule has 1 N–H and O–H groups in total. The topological polar surface area (TPSA) is 53.2 Å². The molecular weight excluding hydrogens is 264 g/mol. The van der Waals surface area contributed by atoms with Crippen molar-refractivity contribution in [2.45, 2.75) is 38.9 Å². The molecule has 0 aromatic heterocycles. The van der Waals surface area contributed by atoms with Crippen LogP contribution in [-0.4, -0.2) is 11.7 Å². The first-order chi connectivity index (χ1) is 9.48. The summed E-state index contributed by atoms with van der Waals surface area (Å²) in [5, 5.41) is 20.0. The van der Waals surface area contributed by atoms with Gasteiger partial charge >= 0.3 is 6.61 Å². The molecule has 1 fully saturated rings. The molecule has 0 spiro atoms. The van der Waals surface area contributed by atoms with E-state index in [-0.39, 0.29) is 11.3 Å². The number of halogens is 2. The Morgan fingerprint density at radius 2 is 2.15 bits per heavy atom. The smallest absolute Gasteiger partial charge is 0.387 e. The van der Waals surface area contributed by atoms with Gasteiger partial charge in [0.25, 0.3) is 0 Å². The van der Waals surface area contributed by atoms with Crippen LogP contribution in [0.25, 0.3) is 0 Å². The molecule has 1 aromatic carbocycles. The summed E-state index contributed by atoms with van der Waals surface area (Å²) in [6, 6.07) is 8.31. The molecule has 1 aliphatic carbocycles. The molecular formula is C15H17F2NO2. The first kappa shape index (κ1) is 14.7. The molecule has 0 saturated heterocycles. The minimum absolute atomic E-state index is 0.0656. The quantitative estimate of drug-likeness (QED) is 0.916. The summed E-state index contributed by atoms with van der Waals surface area (Å²) >= 11 is 0. The molecule has 1 saturated carbocycles. The van der Waals surface area contributed by atoms with Gasteiger partial charge in [0.15, 0.2) is 0 Å². The third kappa shape index (κ3) is 2.75. The summed E-state index contributed by atoms with van der Waals surface area (Å²) in [6.07, 6.45) is 0.859. The van der Waals surface area contributed by atoms with Crippen molar-refractivity contribution < 1.29 is 18.6 Å². The number of hydrogen-bond donors (Lipinski definition) is 1. The number of benzene rings is 1. The predicted octanol–water partition coefficient (Wildman–Crippen LogP) is 3.65. The van der Waals surface area contributed by atoms with E-state index < -0.39 is 18.1 Å². The number of nitrogens with zero attached hydrogens (tertiary/aromatic N) is 1. The monoisotopic (exact) mass is 281 g/mol. The van der Waals surface area contributed by atoms with Crippen molar-refractivity contribution in [3.05, 3.63) is 29.8 Å². The van der Waals surface area contributed by atoms with Crippen molar-refractivity contribution >= 4 is 0 Å². The van der Waals surface area contributed by atoms with Gasteiger partial charge in [-0.2, -0.15) is 14.0 Å². The Bertz CT molecular complexity index is 515. The standard InChI is InChI=1S/C15H17F2NO2/c1-10-6-7-15(8-10,9-18)13(19)11-4-2-3-5-12(11)20-14(16)17/h2-5,10,13-14,19H,6-8H2,1H3. The van der Waals surface area contributed by atoms with Crippen LogP contribution in [0.2, 0.25) is 0 Å². The summed E-state index contributed by atoms with van der Waals surface area (Å²) in [6.45, 7) is -0.934. The van der Waals surface area contributed by atoms with E-state index in [1.54, 1.807) is 12.1 Å². The fraction of sp³-hybridized carbons (Fsp3) is 0.533. The lowest BCUT2D eigenvalue weighted by atomic mass is 9.78. The molecule has 20 heavy (non-hydrogen) atoms. The molecule has 2 rings (SSSR count). The minimum atomic E-state index is -2.95. The highest BCUT2D eigenvalue weighted by Crippen LogP contribution is 2.50. The van der Waals surface area contributed by atoms with Crippen LogP contribution in [0.5, 0.6) is 5.75 Å². The average molecular weight is 281 g/mol. The number of rotatable bonds is 4. The van der Waals surface area contributed by atoms with Gasteiger partial charge in [-0.05, 0) is 31.2 Å². The molecule has 0 heterocycles. The third-order valence-electron chi connectivity index (χ3n) is 3.97. The average Bonchev–Trinajstić information content (AvgIpc) is 2.81. The Morgan fingerprint density at radius 1 is 1.45 bits per heavy atom. The van der Waals surface area contributed by atoms with Gasteiger partial charge in [0.2, 0.25) is 0 Å². The molecule has 5 heteroatoms. The largest absolute Gasteiger partial charge is 0.434 e. The SMILES string of the molecule is CC1CCC(C#N)(C(O)c2ccccc2OC(F)F)C1. The Hall–Kier alpha value is -1.67. The lowest BCUT2D eigenvalue weighted by Crippen LogP contribution is -2.25. The third-order valence-corrected chi connectivity index (χ3v) is 3.97. The summed E-state index contributed by atoms with van der Waals surface area (Å²) in [7, 11) is 0. The molecule has 3 unspecified atom stereocenters. The number of ether oxygens (including phenoxy) is 1. The zero-order valence-electron chi connectivity index (χ0n) is 11.2. The summed E-state index contributed by atoms with van der Waals surface area (Å²) in [5.74, 6) is 0.275. The number of aliphatic hydroxyl groups excluding tert-OH is 1. The second-order valence-electron chi connectivity index (χ2n) is 5.43. The van der Waals surface area contributed by atoms with E-state index in [0.717, 1.165) is 6.42 Å². The van der Waals surface area contributed by atoms with Gasteiger partial charge in [0, 0.05) is 5.56 Å². The van der Waals surface area contributed by atoms with Crippen molar-refractivity contribution in [1.82, 2.24) is 0 Å². The molecule has 3 nitrogen and oxygen atoms in total. The van der Waals surface area contributed by atoms with Crippen molar-refractivity contribution in [2.75, 3.05) is 0 Å². The molecule has 108 valence electrons. The molecule has 0 bridgehead atoms. The van der Waals surface area contributed by atoms with Gasteiger partial charge in [-0.3, -0.25) is 0 Å². The second kappa shape index (κ2) is 5.76. The molecule has 0 amide bonds. The Labute approximate surface area is 116 Å². The number of alkyl halides is 2. The van der Waals surface area contributed by atoms with Gasteiger partial charge in [0.1, 0.15) is 11.9 Å². The van der Waals surface area contributed by atoms with E-state index in [4.69, 9.17) is 0 Å². The highest BCUT2D eigenvalue weighted by atomic mass is 19.3. The summed E-state index contributed by atoms with van der Waals surface area (Å²) < 4.78 is 29.3. The first-order valence-corrected chi connectivity index (χ1v) is 6.61. The van der Waals surface area contributed by atoms with E-state index >= 15 is 0 Å². The molecule has 1 aliphatic rings. The summed E-state index contributed by atoms with van der Waals surface area (Å²) in [4.78, 5) is 0. The molecule has 0 radical (unpaired) electrons. The second-order valence-corrected chi connectivity index (χ2v) is 5.43. The minimum Gasteiger partial charge on any atom is -0.434 e. The first-order valence-electron chi connectivity index (χ1n) is 6.61. The van der Waals surface area contributed by atoms with E-state index in [1.807, 2.05) is 6.92 Å². The van der Waals surface area contributed by atoms with Crippen LogP contribution in [0.1, 0.15) is 37.9 Å². The fourth-order valence-corrected chi connectivity index (χ4v) is 2.95.